The number of carbonyl (C=O) groups excluding carboxylic acids is 1. The van der Waals surface area contributed by atoms with E-state index in [-0.39, 0.29) is 17.9 Å². The maximum atomic E-state index is 12.7. The molecule has 3 aromatic rings. The van der Waals surface area contributed by atoms with Gasteiger partial charge < -0.3 is 14.8 Å². The van der Waals surface area contributed by atoms with Gasteiger partial charge in [-0.1, -0.05) is 0 Å². The summed E-state index contributed by atoms with van der Waals surface area (Å²) in [4.78, 5) is 28.6. The molecule has 0 aromatic carbocycles. The first kappa shape index (κ1) is 15.2. The van der Waals surface area contributed by atoms with Crippen molar-refractivity contribution in [2.24, 2.45) is 5.92 Å². The molecule has 0 bridgehead atoms. The number of imidazole rings is 1. The van der Waals surface area contributed by atoms with Crippen LogP contribution in [-0.4, -0.2) is 61.4 Å². The van der Waals surface area contributed by atoms with Crippen LogP contribution in [0.25, 0.3) is 16.7 Å². The normalized spacial score (nSPS) is 21.1. The van der Waals surface area contributed by atoms with Crippen LogP contribution in [0.4, 0.5) is 4.79 Å². The van der Waals surface area contributed by atoms with Crippen LogP contribution in [0.15, 0.2) is 24.7 Å². The zero-order valence-electron chi connectivity index (χ0n) is 14.3. The molecule has 5 heterocycles. The standard InChI is InChI=1S/C18H19N7O/c19-6-12-9-24(10-12)18(26)23-5-1-2-13(11-23)17-22-8-14-7-21-16-15(25(14)17)3-4-20-16/h3-4,7-8,12-13,20H,1-2,5,9-11H2/t13-/m1/s1. The molecular formula is C18H19N7O. The van der Waals surface area contributed by atoms with Crippen LogP contribution in [0.1, 0.15) is 24.6 Å². The van der Waals surface area contributed by atoms with Gasteiger partial charge in [0.25, 0.3) is 0 Å². The average Bonchev–Trinajstić information content (AvgIpc) is 3.26. The van der Waals surface area contributed by atoms with E-state index in [0.717, 1.165) is 41.9 Å². The summed E-state index contributed by atoms with van der Waals surface area (Å²) >= 11 is 0. The third-order valence-corrected chi connectivity index (χ3v) is 5.48. The Hall–Kier alpha value is -3.08. The predicted octanol–water partition coefficient (Wildman–Crippen LogP) is 1.97. The van der Waals surface area contributed by atoms with Crippen LogP contribution in [0.2, 0.25) is 0 Å². The lowest BCUT2D eigenvalue weighted by Gasteiger charge is -2.41. The summed E-state index contributed by atoms with van der Waals surface area (Å²) in [6, 6.07) is 4.28. The van der Waals surface area contributed by atoms with Crippen LogP contribution in [-0.2, 0) is 0 Å². The number of nitrogens with zero attached hydrogens (tertiary/aromatic N) is 6. The van der Waals surface area contributed by atoms with Gasteiger partial charge in [0, 0.05) is 38.3 Å². The van der Waals surface area contributed by atoms with Gasteiger partial charge in [0.1, 0.15) is 5.82 Å². The number of likely N-dealkylation sites (tertiary alicyclic amines) is 2. The predicted molar refractivity (Wildman–Crippen MR) is 94.5 cm³/mol. The Kier molecular flexibility index (Phi) is 3.35. The van der Waals surface area contributed by atoms with Crippen molar-refractivity contribution in [2.75, 3.05) is 26.2 Å². The first-order chi connectivity index (χ1) is 12.7. The fourth-order valence-corrected chi connectivity index (χ4v) is 4.07. The van der Waals surface area contributed by atoms with E-state index < -0.39 is 0 Å². The molecule has 2 aliphatic heterocycles. The third kappa shape index (κ3) is 2.24. The second-order valence-corrected chi connectivity index (χ2v) is 7.15. The lowest BCUT2D eigenvalue weighted by molar-refractivity contribution is 0.0980. The first-order valence-corrected chi connectivity index (χ1v) is 8.97. The highest BCUT2D eigenvalue weighted by atomic mass is 16.2. The Labute approximate surface area is 150 Å². The van der Waals surface area contributed by atoms with E-state index in [4.69, 9.17) is 5.26 Å². The lowest BCUT2D eigenvalue weighted by atomic mass is 9.96. The molecule has 2 aliphatic rings. The third-order valence-electron chi connectivity index (χ3n) is 5.48. The molecule has 0 radical (unpaired) electrons. The summed E-state index contributed by atoms with van der Waals surface area (Å²) in [6.45, 7) is 2.55. The minimum Gasteiger partial charge on any atom is -0.345 e. The summed E-state index contributed by atoms with van der Waals surface area (Å²) < 4.78 is 2.15. The number of nitriles is 1. The van der Waals surface area contributed by atoms with Gasteiger partial charge in [-0.15, -0.1) is 0 Å². The fraction of sp³-hybridized carbons (Fsp3) is 0.444. The van der Waals surface area contributed by atoms with Crippen molar-refractivity contribution in [3.8, 4) is 6.07 Å². The van der Waals surface area contributed by atoms with E-state index >= 15 is 0 Å². The minimum absolute atomic E-state index is 0.00912. The molecule has 26 heavy (non-hydrogen) atoms. The Morgan fingerprint density at radius 2 is 2.08 bits per heavy atom. The van der Waals surface area contributed by atoms with E-state index in [0.29, 0.717) is 19.6 Å². The summed E-state index contributed by atoms with van der Waals surface area (Å²) in [5.41, 5.74) is 2.82. The van der Waals surface area contributed by atoms with Crippen molar-refractivity contribution < 1.29 is 4.79 Å². The zero-order valence-corrected chi connectivity index (χ0v) is 14.3. The van der Waals surface area contributed by atoms with E-state index in [1.807, 2.05) is 29.6 Å². The van der Waals surface area contributed by atoms with Gasteiger partial charge in [0.05, 0.1) is 35.4 Å². The number of urea groups is 1. The van der Waals surface area contributed by atoms with Crippen LogP contribution < -0.4 is 0 Å². The Morgan fingerprint density at radius 1 is 1.23 bits per heavy atom. The van der Waals surface area contributed by atoms with Crippen molar-refractivity contribution in [1.29, 1.82) is 5.26 Å². The topological polar surface area (TPSA) is 93.3 Å². The maximum absolute atomic E-state index is 12.7. The number of aromatic amines is 1. The smallest absolute Gasteiger partial charge is 0.320 e. The number of aromatic nitrogens is 4. The summed E-state index contributed by atoms with van der Waals surface area (Å²) in [5.74, 6) is 1.18. The molecule has 8 nitrogen and oxygen atoms in total. The molecule has 3 aromatic heterocycles. The van der Waals surface area contributed by atoms with Crippen molar-refractivity contribution in [3.05, 3.63) is 30.5 Å². The van der Waals surface area contributed by atoms with E-state index in [1.54, 1.807) is 4.90 Å². The van der Waals surface area contributed by atoms with Gasteiger partial charge in [-0.05, 0) is 18.9 Å². The Bertz CT molecular complexity index is 1020. The van der Waals surface area contributed by atoms with Crippen molar-refractivity contribution in [3.63, 3.8) is 0 Å². The van der Waals surface area contributed by atoms with Crippen molar-refractivity contribution >= 4 is 22.7 Å². The first-order valence-electron chi connectivity index (χ1n) is 8.97. The van der Waals surface area contributed by atoms with Gasteiger partial charge in [0.15, 0.2) is 5.65 Å². The average molecular weight is 349 g/mol. The number of carbonyl (C=O) groups is 1. The number of rotatable bonds is 1. The molecule has 5 rings (SSSR count). The molecular weight excluding hydrogens is 330 g/mol. The number of hydrogen-bond donors (Lipinski definition) is 1. The van der Waals surface area contributed by atoms with Crippen LogP contribution in [0.3, 0.4) is 0 Å². The number of H-pyrrole nitrogens is 1. The van der Waals surface area contributed by atoms with Crippen molar-refractivity contribution in [2.45, 2.75) is 18.8 Å². The molecule has 8 heteroatoms. The number of hydrogen-bond acceptors (Lipinski definition) is 4. The maximum Gasteiger partial charge on any atom is 0.320 e. The Morgan fingerprint density at radius 3 is 2.92 bits per heavy atom. The highest BCUT2D eigenvalue weighted by Crippen LogP contribution is 2.29. The van der Waals surface area contributed by atoms with Crippen LogP contribution >= 0.6 is 0 Å². The van der Waals surface area contributed by atoms with E-state index in [2.05, 4.69) is 25.4 Å². The molecule has 0 saturated carbocycles. The van der Waals surface area contributed by atoms with Gasteiger partial charge >= 0.3 is 6.03 Å². The van der Waals surface area contributed by atoms with E-state index in [9.17, 15) is 4.79 Å². The van der Waals surface area contributed by atoms with Crippen molar-refractivity contribution in [1.82, 2.24) is 29.2 Å². The molecule has 0 unspecified atom stereocenters. The lowest BCUT2D eigenvalue weighted by Crippen LogP contribution is -2.56. The highest BCUT2D eigenvalue weighted by molar-refractivity contribution is 5.76. The summed E-state index contributed by atoms with van der Waals surface area (Å²) in [6.07, 6.45) is 7.53. The molecule has 0 spiro atoms. The monoisotopic (exact) mass is 349 g/mol. The molecule has 2 fully saturated rings. The largest absolute Gasteiger partial charge is 0.345 e. The highest BCUT2D eigenvalue weighted by Gasteiger charge is 2.36. The summed E-state index contributed by atoms with van der Waals surface area (Å²) in [5, 5.41) is 8.91. The molecule has 132 valence electrons. The summed E-state index contributed by atoms with van der Waals surface area (Å²) in [7, 11) is 0. The number of piperidine rings is 1. The zero-order chi connectivity index (χ0) is 17.7. The van der Waals surface area contributed by atoms with Gasteiger partial charge in [-0.25, -0.2) is 14.8 Å². The van der Waals surface area contributed by atoms with Gasteiger partial charge in [-0.3, -0.25) is 4.40 Å². The number of amides is 2. The van der Waals surface area contributed by atoms with Crippen LogP contribution in [0.5, 0.6) is 0 Å². The number of fused-ring (bicyclic) bond motifs is 3. The fourth-order valence-electron chi connectivity index (χ4n) is 4.07. The molecule has 2 saturated heterocycles. The molecule has 1 atom stereocenters. The molecule has 1 N–H and O–H groups in total. The quantitative estimate of drug-likeness (QED) is 0.727. The van der Waals surface area contributed by atoms with Gasteiger partial charge in [0.2, 0.25) is 0 Å². The van der Waals surface area contributed by atoms with Gasteiger partial charge in [-0.2, -0.15) is 5.26 Å². The second kappa shape index (κ2) is 5.73. The van der Waals surface area contributed by atoms with E-state index in [1.165, 1.54) is 0 Å². The second-order valence-electron chi connectivity index (χ2n) is 7.15. The number of nitrogens with one attached hydrogen (secondary N) is 1. The molecule has 2 amide bonds. The molecule has 0 aliphatic carbocycles. The minimum atomic E-state index is -0.00912. The van der Waals surface area contributed by atoms with Crippen LogP contribution in [0, 0.1) is 17.2 Å². The Balaban J connectivity index is 1.42. The SMILES string of the molecule is N#CC1CN(C(=O)N2CCC[C@@H](c3ncc4cnc5[nH]ccc5n34)C2)C1.